The number of H-pyrrole nitrogens is 1. The molecule has 0 fully saturated rings. The number of anilines is 2. The van der Waals surface area contributed by atoms with Crippen molar-refractivity contribution in [1.82, 2.24) is 15.3 Å². The average Bonchev–Trinajstić information content (AvgIpc) is 3.10. The molecule has 3 rings (SSSR count). The monoisotopic (exact) mass is 429 g/mol. The number of hydrogen-bond donors (Lipinski definition) is 4. The minimum Gasteiger partial charge on any atom is -0.354 e. The van der Waals surface area contributed by atoms with E-state index in [9.17, 15) is 18.8 Å². The molecule has 0 aliphatic rings. The molecule has 1 heterocycles. The lowest BCUT2D eigenvalue weighted by Gasteiger charge is -2.09. The van der Waals surface area contributed by atoms with Crippen molar-refractivity contribution >= 4 is 40.7 Å². The first-order valence-corrected chi connectivity index (χ1v) is 9.12. The third-order valence-corrected chi connectivity index (χ3v) is 4.38. The maximum atomic E-state index is 13.1. The second-order valence-electron chi connectivity index (χ2n) is 6.23. The number of amides is 3. The largest absolute Gasteiger partial charge is 0.354 e. The highest BCUT2D eigenvalue weighted by Crippen LogP contribution is 2.20. The van der Waals surface area contributed by atoms with Gasteiger partial charge in [-0.3, -0.25) is 14.4 Å². The molecule has 30 heavy (non-hydrogen) atoms. The van der Waals surface area contributed by atoms with Crippen LogP contribution in [0.25, 0.3) is 0 Å². The van der Waals surface area contributed by atoms with Crippen molar-refractivity contribution in [1.29, 1.82) is 0 Å². The van der Waals surface area contributed by atoms with Gasteiger partial charge in [0.1, 0.15) is 17.3 Å². The lowest BCUT2D eigenvalue weighted by Crippen LogP contribution is -2.23. The summed E-state index contributed by atoms with van der Waals surface area (Å²) < 4.78 is 13.1. The van der Waals surface area contributed by atoms with E-state index in [1.54, 1.807) is 31.2 Å². The van der Waals surface area contributed by atoms with Crippen molar-refractivity contribution < 1.29 is 18.8 Å². The molecule has 0 unspecified atom stereocenters. The number of nitrogens with one attached hydrogen (secondary N) is 4. The first-order chi connectivity index (χ1) is 14.3. The topological polar surface area (TPSA) is 116 Å². The molecule has 1 aromatic heterocycles. The number of aryl methyl sites for hydroxylation is 1. The smallest absolute Gasteiger partial charge is 0.276 e. The van der Waals surface area contributed by atoms with E-state index in [1.165, 1.54) is 13.1 Å². The van der Waals surface area contributed by atoms with Gasteiger partial charge in [-0.2, -0.15) is 0 Å². The van der Waals surface area contributed by atoms with E-state index in [0.717, 1.165) is 12.1 Å². The summed E-state index contributed by atoms with van der Waals surface area (Å²) in [5.74, 6) is -1.63. The highest BCUT2D eigenvalue weighted by Gasteiger charge is 2.21. The van der Waals surface area contributed by atoms with Crippen LogP contribution in [-0.4, -0.2) is 34.7 Å². The van der Waals surface area contributed by atoms with Crippen molar-refractivity contribution in [2.24, 2.45) is 0 Å². The van der Waals surface area contributed by atoms with Gasteiger partial charge in [-0.25, -0.2) is 9.37 Å². The van der Waals surface area contributed by atoms with Gasteiger partial charge in [-0.05, 0) is 49.4 Å². The van der Waals surface area contributed by atoms with E-state index in [1.807, 2.05) is 0 Å². The zero-order valence-electron chi connectivity index (χ0n) is 16.0. The van der Waals surface area contributed by atoms with Crippen LogP contribution in [-0.2, 0) is 0 Å². The van der Waals surface area contributed by atoms with E-state index in [2.05, 4.69) is 25.9 Å². The highest BCUT2D eigenvalue weighted by atomic mass is 35.5. The van der Waals surface area contributed by atoms with Crippen LogP contribution >= 0.6 is 11.6 Å². The SMILES string of the molecule is CNC(=O)c1[nH]c(C)nc1C(=O)Nc1ccc(NC(=O)c2ccc(F)cc2Cl)cc1. The number of aromatic nitrogens is 2. The number of benzene rings is 2. The summed E-state index contributed by atoms with van der Waals surface area (Å²) >= 11 is 5.89. The molecule has 0 bridgehead atoms. The molecule has 0 spiro atoms. The predicted octanol–water partition coefficient (Wildman–Crippen LogP) is 3.37. The van der Waals surface area contributed by atoms with Crippen LogP contribution < -0.4 is 16.0 Å². The Bertz CT molecular complexity index is 1130. The van der Waals surface area contributed by atoms with Crippen molar-refractivity contribution in [2.45, 2.75) is 6.92 Å². The second-order valence-corrected chi connectivity index (χ2v) is 6.64. The molecular weight excluding hydrogens is 413 g/mol. The Hall–Kier alpha value is -3.72. The number of imidazole rings is 1. The van der Waals surface area contributed by atoms with Crippen molar-refractivity contribution in [2.75, 3.05) is 17.7 Å². The summed E-state index contributed by atoms with van der Waals surface area (Å²) in [5, 5.41) is 7.72. The van der Waals surface area contributed by atoms with E-state index >= 15 is 0 Å². The Morgan fingerprint density at radius 1 is 0.967 bits per heavy atom. The number of carbonyl (C=O) groups excluding carboxylic acids is 3. The molecule has 4 N–H and O–H groups in total. The van der Waals surface area contributed by atoms with Crippen LogP contribution in [0.4, 0.5) is 15.8 Å². The standard InChI is InChI=1S/C20H17ClFN5O3/c1-10-24-16(19(29)23-2)17(25-10)20(30)27-13-6-4-12(5-7-13)26-18(28)14-8-3-11(22)9-15(14)21/h3-9H,1-2H3,(H,23,29)(H,24,25)(H,26,28)(H,27,30). The number of hydrogen-bond acceptors (Lipinski definition) is 4. The molecule has 3 aromatic rings. The fraction of sp³-hybridized carbons (Fsp3) is 0.100. The van der Waals surface area contributed by atoms with E-state index < -0.39 is 23.5 Å². The minimum absolute atomic E-state index is 0.00222. The third kappa shape index (κ3) is 4.64. The van der Waals surface area contributed by atoms with Gasteiger partial charge in [-0.1, -0.05) is 11.6 Å². The van der Waals surface area contributed by atoms with E-state index in [-0.39, 0.29) is 22.0 Å². The van der Waals surface area contributed by atoms with Crippen LogP contribution in [0.5, 0.6) is 0 Å². The van der Waals surface area contributed by atoms with Gasteiger partial charge in [0.25, 0.3) is 17.7 Å². The van der Waals surface area contributed by atoms with Gasteiger partial charge < -0.3 is 20.9 Å². The number of halogens is 2. The van der Waals surface area contributed by atoms with Gasteiger partial charge in [0.2, 0.25) is 0 Å². The summed E-state index contributed by atoms with van der Waals surface area (Å²) in [6, 6.07) is 9.76. The van der Waals surface area contributed by atoms with Gasteiger partial charge in [-0.15, -0.1) is 0 Å². The van der Waals surface area contributed by atoms with Gasteiger partial charge in [0.05, 0.1) is 10.6 Å². The maximum absolute atomic E-state index is 13.1. The Kier molecular flexibility index (Phi) is 6.12. The van der Waals surface area contributed by atoms with Crippen molar-refractivity contribution in [3.05, 3.63) is 76.1 Å². The molecule has 0 radical (unpaired) electrons. The van der Waals surface area contributed by atoms with Crippen LogP contribution in [0, 0.1) is 12.7 Å². The Balaban J connectivity index is 1.70. The molecule has 3 amide bonds. The predicted molar refractivity (Wildman–Crippen MR) is 110 cm³/mol. The lowest BCUT2D eigenvalue weighted by molar-refractivity contribution is 0.0943. The molecule has 10 heteroatoms. The first-order valence-electron chi connectivity index (χ1n) is 8.75. The van der Waals surface area contributed by atoms with E-state index in [0.29, 0.717) is 17.2 Å². The van der Waals surface area contributed by atoms with Crippen molar-refractivity contribution in [3.63, 3.8) is 0 Å². The summed E-state index contributed by atoms with van der Waals surface area (Å²) in [7, 11) is 1.45. The molecular formula is C20H17ClFN5O3. The number of rotatable bonds is 5. The molecule has 154 valence electrons. The van der Waals surface area contributed by atoms with Gasteiger partial charge in [0, 0.05) is 18.4 Å². The van der Waals surface area contributed by atoms with Crippen LogP contribution in [0.15, 0.2) is 42.5 Å². The fourth-order valence-electron chi connectivity index (χ4n) is 2.64. The average molecular weight is 430 g/mol. The Labute approximate surface area is 175 Å². The van der Waals surface area contributed by atoms with Crippen LogP contribution in [0.3, 0.4) is 0 Å². The zero-order valence-corrected chi connectivity index (χ0v) is 16.7. The molecule has 2 aromatic carbocycles. The Morgan fingerprint density at radius 3 is 2.13 bits per heavy atom. The summed E-state index contributed by atoms with van der Waals surface area (Å²) in [5.41, 5.74) is 1.04. The molecule has 0 aliphatic carbocycles. The quantitative estimate of drug-likeness (QED) is 0.497. The minimum atomic E-state index is -0.562. The number of aromatic amines is 1. The zero-order chi connectivity index (χ0) is 21.8. The molecule has 0 saturated heterocycles. The number of nitrogens with zero attached hydrogens (tertiary/aromatic N) is 1. The van der Waals surface area contributed by atoms with Crippen LogP contribution in [0.2, 0.25) is 5.02 Å². The second kappa shape index (κ2) is 8.75. The Morgan fingerprint density at radius 2 is 1.57 bits per heavy atom. The fourth-order valence-corrected chi connectivity index (χ4v) is 2.90. The molecule has 0 atom stereocenters. The van der Waals surface area contributed by atoms with E-state index in [4.69, 9.17) is 11.6 Å². The van der Waals surface area contributed by atoms with Gasteiger partial charge >= 0.3 is 0 Å². The van der Waals surface area contributed by atoms with Crippen molar-refractivity contribution in [3.8, 4) is 0 Å². The lowest BCUT2D eigenvalue weighted by atomic mass is 10.2. The summed E-state index contributed by atoms with van der Waals surface area (Å²) in [6.07, 6.45) is 0. The summed E-state index contributed by atoms with van der Waals surface area (Å²) in [4.78, 5) is 43.5. The molecule has 8 nitrogen and oxygen atoms in total. The van der Waals surface area contributed by atoms with Gasteiger partial charge in [0.15, 0.2) is 5.69 Å². The van der Waals surface area contributed by atoms with Crippen LogP contribution in [0.1, 0.15) is 37.2 Å². The highest BCUT2D eigenvalue weighted by molar-refractivity contribution is 6.34. The summed E-state index contributed by atoms with van der Waals surface area (Å²) in [6.45, 7) is 1.63. The normalized spacial score (nSPS) is 10.4. The number of carbonyl (C=O) groups is 3. The molecule has 0 saturated carbocycles. The molecule has 0 aliphatic heterocycles. The third-order valence-electron chi connectivity index (χ3n) is 4.07. The first kappa shape index (κ1) is 21.0. The maximum Gasteiger partial charge on any atom is 0.276 e.